The Morgan fingerprint density at radius 3 is 2.33 bits per heavy atom. The SMILES string of the molecule is CCOc1cc(/C=N\N2C(=O)[C@@H]3[C@H](C2=O)[C@H]2C=C[C@H]3C2)cc(I)c1OCC. The van der Waals surface area contributed by atoms with E-state index in [4.69, 9.17) is 9.47 Å². The molecule has 1 saturated carbocycles. The quantitative estimate of drug-likeness (QED) is 0.272. The highest BCUT2D eigenvalue weighted by atomic mass is 127. The molecule has 6 nitrogen and oxygen atoms in total. The fraction of sp³-hybridized carbons (Fsp3) is 0.450. The molecule has 1 aromatic rings. The smallest absolute Gasteiger partial charge is 0.254 e. The molecule has 1 aromatic carbocycles. The fourth-order valence-corrected chi connectivity index (χ4v) is 5.12. The second-order valence-corrected chi connectivity index (χ2v) is 8.09. The monoisotopic (exact) mass is 480 g/mol. The number of nitrogens with zero attached hydrogens (tertiary/aromatic N) is 2. The van der Waals surface area contributed by atoms with E-state index in [0.717, 1.165) is 20.6 Å². The first-order valence-corrected chi connectivity index (χ1v) is 10.3. The number of rotatable bonds is 6. The first-order valence-electron chi connectivity index (χ1n) is 9.24. The summed E-state index contributed by atoms with van der Waals surface area (Å²) in [4.78, 5) is 25.4. The van der Waals surface area contributed by atoms with Crippen molar-refractivity contribution in [1.29, 1.82) is 0 Å². The molecule has 1 saturated heterocycles. The van der Waals surface area contributed by atoms with E-state index in [-0.39, 0.29) is 35.5 Å². The van der Waals surface area contributed by atoms with E-state index in [2.05, 4.69) is 39.8 Å². The average molecular weight is 480 g/mol. The topological polar surface area (TPSA) is 68.2 Å². The largest absolute Gasteiger partial charge is 0.490 e. The van der Waals surface area contributed by atoms with Gasteiger partial charge in [0.05, 0.1) is 34.8 Å². The van der Waals surface area contributed by atoms with E-state index < -0.39 is 0 Å². The Morgan fingerprint density at radius 2 is 1.74 bits per heavy atom. The molecule has 0 unspecified atom stereocenters. The van der Waals surface area contributed by atoms with Crippen LogP contribution in [0.25, 0.3) is 0 Å². The van der Waals surface area contributed by atoms with Crippen LogP contribution in [0, 0.1) is 27.2 Å². The number of amides is 2. The minimum atomic E-state index is -0.232. The molecule has 1 heterocycles. The van der Waals surface area contributed by atoms with Gasteiger partial charge in [-0.25, -0.2) is 0 Å². The summed E-state index contributed by atoms with van der Waals surface area (Å²) in [5, 5.41) is 5.30. The fourth-order valence-electron chi connectivity index (χ4n) is 4.33. The number of hydrogen-bond donors (Lipinski definition) is 0. The second-order valence-electron chi connectivity index (χ2n) is 6.93. The van der Waals surface area contributed by atoms with Crippen LogP contribution in [0.2, 0.25) is 0 Å². The van der Waals surface area contributed by atoms with Gasteiger partial charge in [-0.3, -0.25) is 9.59 Å². The molecule has 142 valence electrons. The van der Waals surface area contributed by atoms with Gasteiger partial charge in [-0.15, -0.1) is 0 Å². The lowest BCUT2D eigenvalue weighted by molar-refractivity contribution is -0.140. The number of allylic oxidation sites excluding steroid dienone is 2. The van der Waals surface area contributed by atoms with Crippen molar-refractivity contribution in [3.05, 3.63) is 33.4 Å². The van der Waals surface area contributed by atoms with Crippen molar-refractivity contribution in [3.63, 3.8) is 0 Å². The van der Waals surface area contributed by atoms with E-state index in [0.29, 0.717) is 24.7 Å². The highest BCUT2D eigenvalue weighted by molar-refractivity contribution is 14.1. The van der Waals surface area contributed by atoms with Crippen LogP contribution in [0.5, 0.6) is 11.5 Å². The van der Waals surface area contributed by atoms with Crippen LogP contribution in [0.3, 0.4) is 0 Å². The first kappa shape index (κ1) is 18.5. The standard InChI is InChI=1S/C20H21IN2O4/c1-3-26-15-8-11(7-14(21)18(15)27-4-2)10-22-23-19(24)16-12-5-6-13(9-12)17(16)20(23)25/h5-8,10,12-13,16-17H,3-4,9H2,1-2H3/b22-10-/t12-,13-,16-,17+/m0/s1. The van der Waals surface area contributed by atoms with Crippen molar-refractivity contribution in [2.24, 2.45) is 28.8 Å². The van der Waals surface area contributed by atoms with Crippen LogP contribution in [-0.4, -0.2) is 36.3 Å². The highest BCUT2D eigenvalue weighted by Gasteiger charge is 2.59. The summed E-state index contributed by atoms with van der Waals surface area (Å²) in [5.74, 6) is 0.884. The number of hydrazone groups is 1. The number of imide groups is 1. The summed E-state index contributed by atoms with van der Waals surface area (Å²) in [6, 6.07) is 3.71. The zero-order chi connectivity index (χ0) is 19.1. The number of fused-ring (bicyclic) bond motifs is 5. The number of carbonyl (C=O) groups excluding carboxylic acids is 2. The Balaban J connectivity index is 1.58. The minimum absolute atomic E-state index is 0.177. The molecule has 0 spiro atoms. The zero-order valence-corrected chi connectivity index (χ0v) is 17.4. The van der Waals surface area contributed by atoms with Crippen LogP contribution in [0.4, 0.5) is 0 Å². The molecule has 2 aliphatic carbocycles. The Bertz CT molecular complexity index is 821. The van der Waals surface area contributed by atoms with Gasteiger partial charge in [-0.05, 0) is 72.4 Å². The molecular formula is C20H21IN2O4. The summed E-state index contributed by atoms with van der Waals surface area (Å²) in [7, 11) is 0. The van der Waals surface area contributed by atoms with Crippen molar-refractivity contribution >= 4 is 40.6 Å². The van der Waals surface area contributed by atoms with Crippen LogP contribution >= 0.6 is 22.6 Å². The Labute approximate surface area is 171 Å². The molecule has 27 heavy (non-hydrogen) atoms. The number of benzene rings is 1. The lowest BCUT2D eigenvalue weighted by Crippen LogP contribution is -2.28. The summed E-state index contributed by atoms with van der Waals surface area (Å²) in [6.07, 6.45) is 6.62. The van der Waals surface area contributed by atoms with Gasteiger partial charge in [0.15, 0.2) is 11.5 Å². The molecule has 2 fully saturated rings. The molecule has 1 aliphatic heterocycles. The lowest BCUT2D eigenvalue weighted by atomic mass is 9.85. The van der Waals surface area contributed by atoms with Crippen molar-refractivity contribution in [1.82, 2.24) is 5.01 Å². The van der Waals surface area contributed by atoms with Crippen molar-refractivity contribution in [3.8, 4) is 11.5 Å². The molecule has 0 aromatic heterocycles. The molecule has 0 radical (unpaired) electrons. The third kappa shape index (κ3) is 3.05. The average Bonchev–Trinajstić information content (AvgIpc) is 3.31. The molecule has 2 amide bonds. The Morgan fingerprint density at radius 1 is 1.11 bits per heavy atom. The maximum absolute atomic E-state index is 12.7. The third-order valence-electron chi connectivity index (χ3n) is 5.39. The predicted octanol–water partition coefficient (Wildman–Crippen LogP) is 3.23. The normalized spacial score (nSPS) is 28.5. The van der Waals surface area contributed by atoms with Crippen LogP contribution < -0.4 is 9.47 Å². The van der Waals surface area contributed by atoms with E-state index >= 15 is 0 Å². The summed E-state index contributed by atoms with van der Waals surface area (Å²) < 4.78 is 12.2. The highest BCUT2D eigenvalue weighted by Crippen LogP contribution is 2.52. The van der Waals surface area contributed by atoms with Gasteiger partial charge in [0.1, 0.15) is 0 Å². The molecule has 4 rings (SSSR count). The molecule has 3 aliphatic rings. The van der Waals surface area contributed by atoms with E-state index in [1.807, 2.05) is 26.0 Å². The van der Waals surface area contributed by atoms with Gasteiger partial charge in [0, 0.05) is 0 Å². The van der Waals surface area contributed by atoms with Crippen LogP contribution in [0.15, 0.2) is 29.4 Å². The van der Waals surface area contributed by atoms with Crippen molar-refractivity contribution in [2.45, 2.75) is 20.3 Å². The maximum Gasteiger partial charge on any atom is 0.254 e. The van der Waals surface area contributed by atoms with Gasteiger partial charge < -0.3 is 9.47 Å². The molecule has 4 atom stereocenters. The van der Waals surface area contributed by atoms with E-state index in [1.165, 1.54) is 0 Å². The summed E-state index contributed by atoms with van der Waals surface area (Å²) in [6.45, 7) is 4.88. The predicted molar refractivity (Wildman–Crippen MR) is 109 cm³/mol. The van der Waals surface area contributed by atoms with Gasteiger partial charge in [0.2, 0.25) is 0 Å². The maximum atomic E-state index is 12.7. The Hall–Kier alpha value is -1.90. The lowest BCUT2D eigenvalue weighted by Gasteiger charge is -2.14. The van der Waals surface area contributed by atoms with Crippen LogP contribution in [0.1, 0.15) is 25.8 Å². The Kier molecular flexibility index (Phi) is 4.96. The van der Waals surface area contributed by atoms with Crippen molar-refractivity contribution in [2.75, 3.05) is 13.2 Å². The molecule has 2 bridgehead atoms. The molecule has 7 heteroatoms. The number of carbonyl (C=O) groups is 2. The van der Waals surface area contributed by atoms with Gasteiger partial charge in [-0.2, -0.15) is 10.1 Å². The second kappa shape index (κ2) is 7.26. The number of halogens is 1. The van der Waals surface area contributed by atoms with Crippen molar-refractivity contribution < 1.29 is 19.1 Å². The van der Waals surface area contributed by atoms with Crippen LogP contribution in [-0.2, 0) is 9.59 Å². The molecule has 0 N–H and O–H groups in total. The van der Waals surface area contributed by atoms with Gasteiger partial charge in [-0.1, -0.05) is 12.2 Å². The van der Waals surface area contributed by atoms with Gasteiger partial charge in [0.25, 0.3) is 11.8 Å². The first-order chi connectivity index (χ1) is 13.0. The summed E-state index contributed by atoms with van der Waals surface area (Å²) >= 11 is 2.18. The van der Waals surface area contributed by atoms with Gasteiger partial charge >= 0.3 is 0 Å². The number of hydrogen-bond acceptors (Lipinski definition) is 5. The van der Waals surface area contributed by atoms with E-state index in [9.17, 15) is 9.59 Å². The number of ether oxygens (including phenoxy) is 2. The van der Waals surface area contributed by atoms with E-state index in [1.54, 1.807) is 6.21 Å². The summed E-state index contributed by atoms with van der Waals surface area (Å²) in [5.41, 5.74) is 0.755. The molecular weight excluding hydrogens is 459 g/mol. The zero-order valence-electron chi connectivity index (χ0n) is 15.2. The third-order valence-corrected chi connectivity index (χ3v) is 6.19. The minimum Gasteiger partial charge on any atom is -0.490 e.